The summed E-state index contributed by atoms with van der Waals surface area (Å²) in [6.07, 6.45) is 29.0. The molecule has 0 radical (unpaired) electrons. The Labute approximate surface area is 529 Å². The molecule has 0 bridgehead atoms. The third-order valence-corrected chi connectivity index (χ3v) is 14.0. The number of rotatable bonds is 44. The van der Waals surface area contributed by atoms with E-state index in [-0.39, 0.29) is 22.3 Å². The van der Waals surface area contributed by atoms with Crippen LogP contribution in [0.5, 0.6) is 46.0 Å². The first kappa shape index (κ1) is 82.0. The SMILES string of the molecule is CCCCCCCCOc1ccc(C(=O)O)cc1OC.CCCCCCCCOc1ccc(C(=O)O)cc1OC.CCCCCCCCOc1ccc(C(=O)O)cc1OC.CCCCCCCCOc1ccc(C(=O)O)cc1OC.OCC(CO)(CO)CO. The number of hydrogen-bond donors (Lipinski definition) is 8. The highest BCUT2D eigenvalue weighted by molar-refractivity contribution is 5.90. The monoisotopic (exact) mass is 1260 g/mol. The zero-order chi connectivity index (χ0) is 66.5. The maximum Gasteiger partial charge on any atom is 0.335 e. The summed E-state index contributed by atoms with van der Waals surface area (Å²) >= 11 is 0. The Bertz CT molecular complexity index is 2140. The fraction of sp³-hybridized carbons (Fsp3) is 0.594. The predicted molar refractivity (Wildman–Crippen MR) is 346 cm³/mol. The third-order valence-electron chi connectivity index (χ3n) is 14.0. The minimum absolute atomic E-state index is 0.203. The van der Waals surface area contributed by atoms with E-state index in [0.717, 1.165) is 51.4 Å². The molecule has 0 saturated carbocycles. The van der Waals surface area contributed by atoms with Gasteiger partial charge < -0.3 is 78.7 Å². The standard InChI is InChI=1S/4C16H24O4.C5H12O4/c4*1-3-4-5-6-7-8-11-20-14-10-9-13(16(17)18)12-15(14)19-2;6-1-5(2-7,3-8)4-9/h4*9-10,12H,3-8,11H2,1-2H3,(H,17,18);6-9H,1-4H2. The Morgan fingerprint density at radius 1 is 0.292 bits per heavy atom. The van der Waals surface area contributed by atoms with E-state index in [2.05, 4.69) is 27.7 Å². The number of aromatic carboxylic acids is 4. The average molecular weight is 1260 g/mol. The van der Waals surface area contributed by atoms with Crippen LogP contribution in [0.2, 0.25) is 0 Å². The van der Waals surface area contributed by atoms with Crippen molar-refractivity contribution < 1.29 is 97.9 Å². The molecular formula is C69H108O20. The van der Waals surface area contributed by atoms with Crippen LogP contribution in [-0.2, 0) is 0 Å². The molecule has 0 saturated heterocycles. The average Bonchev–Trinajstić information content (AvgIpc) is 3.63. The smallest absolute Gasteiger partial charge is 0.335 e. The van der Waals surface area contributed by atoms with Crippen molar-refractivity contribution in [3.05, 3.63) is 95.1 Å². The molecule has 0 atom stereocenters. The van der Waals surface area contributed by atoms with Crippen LogP contribution in [0.4, 0.5) is 0 Å². The van der Waals surface area contributed by atoms with Crippen LogP contribution < -0.4 is 37.9 Å². The number of carboxylic acids is 4. The molecule has 0 aliphatic carbocycles. The zero-order valence-corrected chi connectivity index (χ0v) is 54.5. The van der Waals surface area contributed by atoms with Crippen LogP contribution in [0.3, 0.4) is 0 Å². The van der Waals surface area contributed by atoms with Gasteiger partial charge in [0.1, 0.15) is 0 Å². The highest BCUT2D eigenvalue weighted by Crippen LogP contribution is 2.32. The van der Waals surface area contributed by atoms with Crippen molar-refractivity contribution in [2.45, 2.75) is 182 Å². The fourth-order valence-corrected chi connectivity index (χ4v) is 8.24. The van der Waals surface area contributed by atoms with E-state index in [0.29, 0.717) is 72.4 Å². The molecule has 0 unspecified atom stereocenters. The van der Waals surface area contributed by atoms with Crippen molar-refractivity contribution >= 4 is 23.9 Å². The van der Waals surface area contributed by atoms with Gasteiger partial charge in [-0.15, -0.1) is 0 Å². The Balaban J connectivity index is 0.00000111. The first-order valence-electron chi connectivity index (χ1n) is 31.6. The molecule has 0 aliphatic heterocycles. The second-order valence-corrected chi connectivity index (χ2v) is 21.3. The lowest BCUT2D eigenvalue weighted by molar-refractivity contribution is -0.0328. The quantitative estimate of drug-likeness (QED) is 0.0191. The molecule has 0 amide bonds. The number of hydrogen-bond acceptors (Lipinski definition) is 16. The summed E-state index contributed by atoms with van der Waals surface area (Å²) in [7, 11) is 6.05. The third kappa shape index (κ3) is 36.9. The van der Waals surface area contributed by atoms with Gasteiger partial charge in [0.15, 0.2) is 46.0 Å². The van der Waals surface area contributed by atoms with E-state index in [9.17, 15) is 19.2 Å². The highest BCUT2D eigenvalue weighted by atomic mass is 16.5. The van der Waals surface area contributed by atoms with Crippen molar-refractivity contribution in [2.75, 3.05) is 81.3 Å². The molecule has 504 valence electrons. The first-order valence-corrected chi connectivity index (χ1v) is 31.6. The summed E-state index contributed by atoms with van der Waals surface area (Å²) in [5.74, 6) is 0.417. The van der Waals surface area contributed by atoms with E-state index in [1.165, 1.54) is 180 Å². The van der Waals surface area contributed by atoms with Crippen molar-refractivity contribution in [1.82, 2.24) is 0 Å². The summed E-state index contributed by atoms with van der Waals surface area (Å²) in [6, 6.07) is 18.7. The molecule has 4 rings (SSSR count). The van der Waals surface area contributed by atoms with Crippen molar-refractivity contribution in [1.29, 1.82) is 0 Å². The minimum atomic E-state index is -1.11. The van der Waals surface area contributed by atoms with Crippen molar-refractivity contribution in [3.8, 4) is 46.0 Å². The minimum Gasteiger partial charge on any atom is -0.493 e. The van der Waals surface area contributed by atoms with Gasteiger partial charge in [0.25, 0.3) is 0 Å². The van der Waals surface area contributed by atoms with Gasteiger partial charge in [0, 0.05) is 0 Å². The summed E-state index contributed by atoms with van der Waals surface area (Å²) < 4.78 is 43.2. The molecule has 0 spiro atoms. The number of methoxy groups -OCH3 is 4. The number of aliphatic hydroxyl groups excluding tert-OH is 4. The molecular weight excluding hydrogens is 1150 g/mol. The summed E-state index contributed by atoms with van der Waals surface area (Å²) in [4.78, 5) is 43.5. The lowest BCUT2D eigenvalue weighted by Gasteiger charge is -2.23. The Hall–Kier alpha value is -7.00. The lowest BCUT2D eigenvalue weighted by Crippen LogP contribution is -2.37. The molecule has 20 heteroatoms. The predicted octanol–water partition coefficient (Wildman–Crippen LogP) is 14.5. The van der Waals surface area contributed by atoms with E-state index in [4.69, 9.17) is 78.7 Å². The van der Waals surface area contributed by atoms with Crippen LogP contribution >= 0.6 is 0 Å². The molecule has 0 heterocycles. The summed E-state index contributed by atoms with van der Waals surface area (Å²) in [6.45, 7) is 9.73. The molecule has 8 N–H and O–H groups in total. The molecule has 89 heavy (non-hydrogen) atoms. The molecule has 0 aliphatic rings. The maximum atomic E-state index is 10.9. The Morgan fingerprint density at radius 3 is 0.618 bits per heavy atom. The largest absolute Gasteiger partial charge is 0.493 e. The van der Waals surface area contributed by atoms with Gasteiger partial charge in [0.05, 0.1) is 109 Å². The molecule has 0 aromatic heterocycles. The van der Waals surface area contributed by atoms with Crippen LogP contribution in [0, 0.1) is 5.41 Å². The van der Waals surface area contributed by atoms with Crippen molar-refractivity contribution in [3.63, 3.8) is 0 Å². The number of ether oxygens (including phenoxy) is 8. The van der Waals surface area contributed by atoms with Gasteiger partial charge in [-0.1, -0.05) is 156 Å². The number of aliphatic hydroxyl groups is 4. The van der Waals surface area contributed by atoms with Crippen LogP contribution in [-0.4, -0.2) is 146 Å². The Kier molecular flexibility index (Phi) is 48.7. The molecule has 4 aromatic rings. The van der Waals surface area contributed by atoms with Gasteiger partial charge in [-0.05, 0) is 98.5 Å². The number of carboxylic acid groups (broad SMARTS) is 4. The van der Waals surface area contributed by atoms with Crippen LogP contribution in [0.25, 0.3) is 0 Å². The molecule has 4 aromatic carbocycles. The Morgan fingerprint density at radius 2 is 0.472 bits per heavy atom. The van der Waals surface area contributed by atoms with Crippen LogP contribution in [0.15, 0.2) is 72.8 Å². The second kappa shape index (κ2) is 52.9. The van der Waals surface area contributed by atoms with Gasteiger partial charge >= 0.3 is 23.9 Å². The van der Waals surface area contributed by atoms with Gasteiger partial charge in [-0.25, -0.2) is 19.2 Å². The van der Waals surface area contributed by atoms with Crippen LogP contribution in [0.1, 0.15) is 223 Å². The normalized spacial score (nSPS) is 10.5. The van der Waals surface area contributed by atoms with Gasteiger partial charge in [0.2, 0.25) is 0 Å². The number of benzene rings is 4. The second-order valence-electron chi connectivity index (χ2n) is 21.3. The topological polar surface area (TPSA) is 304 Å². The molecule has 0 fully saturated rings. The molecule has 20 nitrogen and oxygen atoms in total. The van der Waals surface area contributed by atoms with Crippen molar-refractivity contribution in [2.24, 2.45) is 5.41 Å². The fourth-order valence-electron chi connectivity index (χ4n) is 8.24. The van der Waals surface area contributed by atoms with E-state index in [1.807, 2.05) is 0 Å². The maximum absolute atomic E-state index is 10.9. The zero-order valence-electron chi connectivity index (χ0n) is 54.5. The summed E-state index contributed by atoms with van der Waals surface area (Å²) in [5.41, 5.74) is -0.301. The van der Waals surface area contributed by atoms with E-state index >= 15 is 0 Å². The number of unbranched alkanes of at least 4 members (excludes halogenated alkanes) is 20. The van der Waals surface area contributed by atoms with E-state index < -0.39 is 55.7 Å². The number of carbonyl (C=O) groups is 4. The van der Waals surface area contributed by atoms with E-state index in [1.54, 1.807) is 24.3 Å². The summed E-state index contributed by atoms with van der Waals surface area (Å²) in [5, 5.41) is 69.7. The first-order chi connectivity index (χ1) is 43.0. The highest BCUT2D eigenvalue weighted by Gasteiger charge is 2.26. The lowest BCUT2D eigenvalue weighted by atomic mass is 9.93. The van der Waals surface area contributed by atoms with Gasteiger partial charge in [-0.3, -0.25) is 0 Å². The van der Waals surface area contributed by atoms with Gasteiger partial charge in [-0.2, -0.15) is 0 Å².